The normalized spacial score (nSPS) is 17.0. The third-order valence-electron chi connectivity index (χ3n) is 4.51. The van der Waals surface area contributed by atoms with Gasteiger partial charge >= 0.3 is 0 Å². The average molecular weight is 321 g/mol. The Hall–Kier alpha value is -2.50. The fourth-order valence-electron chi connectivity index (χ4n) is 3.33. The van der Waals surface area contributed by atoms with Crippen molar-refractivity contribution in [3.63, 3.8) is 0 Å². The highest BCUT2D eigenvalue weighted by Gasteiger charge is 2.27. The van der Waals surface area contributed by atoms with E-state index in [9.17, 15) is 5.11 Å². The number of hydrogen-bond acceptors (Lipinski definition) is 5. The third-order valence-corrected chi connectivity index (χ3v) is 4.51. The lowest BCUT2D eigenvalue weighted by atomic mass is 9.95. The molecule has 1 aliphatic heterocycles. The molecule has 0 radical (unpaired) electrons. The number of nitrogens with zero attached hydrogens (tertiary/aromatic N) is 3. The van der Waals surface area contributed by atoms with Crippen LogP contribution in [0.4, 0.5) is 0 Å². The van der Waals surface area contributed by atoms with Crippen molar-refractivity contribution in [1.82, 2.24) is 14.9 Å². The van der Waals surface area contributed by atoms with Gasteiger partial charge in [0.2, 0.25) is 0 Å². The van der Waals surface area contributed by atoms with Crippen molar-refractivity contribution in [1.29, 1.82) is 0 Å². The molecule has 0 saturated carbocycles. The molecule has 3 aromatic rings. The lowest BCUT2D eigenvalue weighted by Crippen LogP contribution is -2.39. The number of benzene rings is 1. The standard InChI is InChI=1S/C19H19N3O2/c23-19-16(4-3-14-2-1-7-21-17(14)19)18(15-5-8-20-9-6-15)22-10-12-24-13-11-22/h1-9,18,23H,10-13H2/t18-/m0/s1. The quantitative estimate of drug-likeness (QED) is 0.804. The predicted molar refractivity (Wildman–Crippen MR) is 91.9 cm³/mol. The molecule has 1 saturated heterocycles. The van der Waals surface area contributed by atoms with Crippen molar-refractivity contribution in [3.8, 4) is 5.75 Å². The molecule has 122 valence electrons. The monoisotopic (exact) mass is 321 g/mol. The second kappa shape index (κ2) is 6.55. The van der Waals surface area contributed by atoms with Crippen LogP contribution in [0, 0.1) is 0 Å². The van der Waals surface area contributed by atoms with Crippen LogP contribution in [-0.2, 0) is 4.74 Å². The van der Waals surface area contributed by atoms with E-state index in [-0.39, 0.29) is 11.8 Å². The zero-order valence-corrected chi connectivity index (χ0v) is 13.3. The van der Waals surface area contributed by atoms with Gasteiger partial charge in [0.25, 0.3) is 0 Å². The smallest absolute Gasteiger partial charge is 0.146 e. The number of pyridine rings is 2. The molecule has 0 bridgehead atoms. The molecule has 1 N–H and O–H groups in total. The molecule has 0 unspecified atom stereocenters. The van der Waals surface area contributed by atoms with Crippen molar-refractivity contribution < 1.29 is 9.84 Å². The first-order valence-corrected chi connectivity index (χ1v) is 8.13. The fraction of sp³-hybridized carbons (Fsp3) is 0.263. The van der Waals surface area contributed by atoms with E-state index in [2.05, 4.69) is 14.9 Å². The minimum atomic E-state index is -0.0386. The van der Waals surface area contributed by atoms with Crippen LogP contribution in [0.2, 0.25) is 0 Å². The second-order valence-electron chi connectivity index (χ2n) is 5.91. The maximum atomic E-state index is 10.9. The lowest BCUT2D eigenvalue weighted by Gasteiger charge is -2.35. The van der Waals surface area contributed by atoms with E-state index in [0.717, 1.165) is 29.6 Å². The zero-order chi connectivity index (χ0) is 16.4. The van der Waals surface area contributed by atoms with E-state index in [1.807, 2.05) is 36.4 Å². The number of morpholine rings is 1. The Morgan fingerprint density at radius 3 is 2.58 bits per heavy atom. The van der Waals surface area contributed by atoms with Crippen molar-refractivity contribution >= 4 is 10.9 Å². The summed E-state index contributed by atoms with van der Waals surface area (Å²) in [5, 5.41) is 11.8. The molecule has 5 heteroatoms. The van der Waals surface area contributed by atoms with E-state index >= 15 is 0 Å². The SMILES string of the molecule is Oc1c([C@H](c2ccncc2)N2CCOCC2)ccc2cccnc12. The van der Waals surface area contributed by atoms with Crippen LogP contribution >= 0.6 is 0 Å². The van der Waals surface area contributed by atoms with Gasteiger partial charge in [-0.15, -0.1) is 0 Å². The lowest BCUT2D eigenvalue weighted by molar-refractivity contribution is 0.0236. The molecular weight excluding hydrogens is 302 g/mol. The molecule has 1 atom stereocenters. The molecule has 1 aliphatic rings. The molecule has 24 heavy (non-hydrogen) atoms. The molecule has 3 heterocycles. The highest BCUT2D eigenvalue weighted by atomic mass is 16.5. The van der Waals surface area contributed by atoms with Gasteiger partial charge in [0.1, 0.15) is 11.3 Å². The molecule has 4 rings (SSSR count). The summed E-state index contributed by atoms with van der Waals surface area (Å²) in [7, 11) is 0. The first-order valence-electron chi connectivity index (χ1n) is 8.13. The number of phenolic OH excluding ortho intramolecular Hbond substituents is 1. The largest absolute Gasteiger partial charge is 0.505 e. The van der Waals surface area contributed by atoms with E-state index in [0.29, 0.717) is 18.7 Å². The molecule has 2 aromatic heterocycles. The van der Waals surface area contributed by atoms with Crippen LogP contribution in [0.15, 0.2) is 55.0 Å². The van der Waals surface area contributed by atoms with Gasteiger partial charge in [0.05, 0.1) is 19.3 Å². The number of aromatic nitrogens is 2. The molecule has 0 aliphatic carbocycles. The molecule has 0 amide bonds. The summed E-state index contributed by atoms with van der Waals surface area (Å²) in [4.78, 5) is 10.8. The summed E-state index contributed by atoms with van der Waals surface area (Å²) in [5.74, 6) is 0.251. The fourth-order valence-corrected chi connectivity index (χ4v) is 3.33. The van der Waals surface area contributed by atoms with Gasteiger partial charge in [-0.05, 0) is 23.8 Å². The van der Waals surface area contributed by atoms with Crippen LogP contribution in [0.3, 0.4) is 0 Å². The summed E-state index contributed by atoms with van der Waals surface area (Å²) < 4.78 is 5.49. The topological polar surface area (TPSA) is 58.5 Å². The van der Waals surface area contributed by atoms with Crippen LogP contribution < -0.4 is 0 Å². The number of fused-ring (bicyclic) bond motifs is 1. The minimum Gasteiger partial charge on any atom is -0.505 e. The second-order valence-corrected chi connectivity index (χ2v) is 5.91. The van der Waals surface area contributed by atoms with Crippen molar-refractivity contribution in [3.05, 3.63) is 66.1 Å². The number of phenols is 1. The van der Waals surface area contributed by atoms with Crippen molar-refractivity contribution in [2.45, 2.75) is 6.04 Å². The van der Waals surface area contributed by atoms with Gasteiger partial charge in [-0.1, -0.05) is 18.2 Å². The number of ether oxygens (including phenoxy) is 1. The van der Waals surface area contributed by atoms with Gasteiger partial charge in [0, 0.05) is 42.6 Å². The molecule has 5 nitrogen and oxygen atoms in total. The minimum absolute atomic E-state index is 0.0386. The summed E-state index contributed by atoms with van der Waals surface area (Å²) in [6.45, 7) is 3.06. The van der Waals surface area contributed by atoms with Crippen LogP contribution in [0.1, 0.15) is 17.2 Å². The van der Waals surface area contributed by atoms with Crippen molar-refractivity contribution in [2.75, 3.05) is 26.3 Å². The summed E-state index contributed by atoms with van der Waals surface area (Å²) in [6.07, 6.45) is 5.29. The van der Waals surface area contributed by atoms with Gasteiger partial charge < -0.3 is 9.84 Å². The summed E-state index contributed by atoms with van der Waals surface area (Å²) >= 11 is 0. The van der Waals surface area contributed by atoms with Crippen LogP contribution in [-0.4, -0.2) is 46.3 Å². The number of rotatable bonds is 3. The summed E-state index contributed by atoms with van der Waals surface area (Å²) in [6, 6.07) is 11.8. The molecule has 1 fully saturated rings. The van der Waals surface area contributed by atoms with Gasteiger partial charge in [-0.2, -0.15) is 0 Å². The van der Waals surface area contributed by atoms with Crippen LogP contribution in [0.25, 0.3) is 10.9 Å². The van der Waals surface area contributed by atoms with E-state index in [1.54, 1.807) is 18.6 Å². The maximum Gasteiger partial charge on any atom is 0.146 e. The predicted octanol–water partition coefficient (Wildman–Crippen LogP) is 2.76. The first-order chi connectivity index (χ1) is 11.8. The Morgan fingerprint density at radius 1 is 1.00 bits per heavy atom. The summed E-state index contributed by atoms with van der Waals surface area (Å²) in [5.41, 5.74) is 2.62. The van der Waals surface area contributed by atoms with Gasteiger partial charge in [-0.25, -0.2) is 0 Å². The molecule has 1 aromatic carbocycles. The van der Waals surface area contributed by atoms with E-state index in [1.165, 1.54) is 0 Å². The Morgan fingerprint density at radius 2 is 1.79 bits per heavy atom. The molecule has 0 spiro atoms. The third kappa shape index (κ3) is 2.72. The van der Waals surface area contributed by atoms with Gasteiger partial charge in [-0.3, -0.25) is 14.9 Å². The Balaban J connectivity index is 1.85. The highest BCUT2D eigenvalue weighted by molar-refractivity contribution is 5.85. The highest BCUT2D eigenvalue weighted by Crippen LogP contribution is 2.37. The zero-order valence-electron chi connectivity index (χ0n) is 13.3. The Labute approximate surface area is 140 Å². The Bertz CT molecular complexity index is 832. The van der Waals surface area contributed by atoms with E-state index < -0.39 is 0 Å². The maximum absolute atomic E-state index is 10.9. The van der Waals surface area contributed by atoms with Crippen LogP contribution in [0.5, 0.6) is 5.75 Å². The Kier molecular flexibility index (Phi) is 4.11. The van der Waals surface area contributed by atoms with Crippen molar-refractivity contribution in [2.24, 2.45) is 0 Å². The van der Waals surface area contributed by atoms with E-state index in [4.69, 9.17) is 4.74 Å². The average Bonchev–Trinajstić information content (AvgIpc) is 2.66. The first kappa shape index (κ1) is 15.1. The number of hydrogen-bond donors (Lipinski definition) is 1. The number of aromatic hydroxyl groups is 1. The molecular formula is C19H19N3O2. The van der Waals surface area contributed by atoms with Gasteiger partial charge in [0.15, 0.2) is 0 Å².